The van der Waals surface area contributed by atoms with Crippen molar-refractivity contribution in [2.45, 2.75) is 39.3 Å². The first-order chi connectivity index (χ1) is 8.20. The molecule has 0 spiro atoms. The Morgan fingerprint density at radius 3 is 2.59 bits per heavy atom. The maximum atomic E-state index is 4.17. The first-order valence-electron chi connectivity index (χ1n) is 6.37. The Labute approximate surface area is 104 Å². The van der Waals surface area contributed by atoms with Crippen LogP contribution in [-0.4, -0.2) is 41.0 Å². The SMILES string of the molecule is CC(C)N(C)CCCCNCc1ncccn1. The molecule has 0 saturated carbocycles. The topological polar surface area (TPSA) is 41.0 Å². The molecule has 0 unspecified atom stereocenters. The fraction of sp³-hybridized carbons (Fsp3) is 0.692. The molecular weight excluding hydrogens is 212 g/mol. The summed E-state index contributed by atoms with van der Waals surface area (Å²) in [6, 6.07) is 2.48. The van der Waals surface area contributed by atoms with Crippen LogP contribution < -0.4 is 5.32 Å². The lowest BCUT2D eigenvalue weighted by Gasteiger charge is -2.20. The molecule has 1 heterocycles. The third-order valence-electron chi connectivity index (χ3n) is 2.90. The monoisotopic (exact) mass is 236 g/mol. The summed E-state index contributed by atoms with van der Waals surface area (Å²) in [6.45, 7) is 7.42. The molecule has 0 fully saturated rings. The van der Waals surface area contributed by atoms with Gasteiger partial charge in [-0.25, -0.2) is 9.97 Å². The molecule has 0 bridgehead atoms. The van der Waals surface area contributed by atoms with Crippen LogP contribution in [0.25, 0.3) is 0 Å². The Morgan fingerprint density at radius 1 is 1.24 bits per heavy atom. The maximum absolute atomic E-state index is 4.17. The number of hydrogen-bond acceptors (Lipinski definition) is 4. The number of rotatable bonds is 8. The second kappa shape index (κ2) is 8.14. The molecule has 1 aromatic rings. The van der Waals surface area contributed by atoms with Gasteiger partial charge in [-0.2, -0.15) is 0 Å². The summed E-state index contributed by atoms with van der Waals surface area (Å²) in [7, 11) is 2.18. The minimum absolute atomic E-state index is 0.640. The van der Waals surface area contributed by atoms with Crippen LogP contribution in [0, 0.1) is 0 Å². The Bertz CT molecular complexity index is 287. The van der Waals surface area contributed by atoms with Gasteiger partial charge in [0.25, 0.3) is 0 Å². The van der Waals surface area contributed by atoms with E-state index in [1.165, 1.54) is 19.4 Å². The van der Waals surface area contributed by atoms with Crippen LogP contribution in [0.1, 0.15) is 32.5 Å². The Hall–Kier alpha value is -1.00. The van der Waals surface area contributed by atoms with Gasteiger partial charge in [0.15, 0.2) is 0 Å². The van der Waals surface area contributed by atoms with Crippen LogP contribution in [0.2, 0.25) is 0 Å². The smallest absolute Gasteiger partial charge is 0.141 e. The molecule has 1 aromatic heterocycles. The Kier molecular flexibility index (Phi) is 6.74. The fourth-order valence-electron chi connectivity index (χ4n) is 1.49. The molecule has 1 N–H and O–H groups in total. The molecular formula is C13H24N4. The molecule has 0 amide bonds. The van der Waals surface area contributed by atoms with E-state index in [1.54, 1.807) is 12.4 Å². The van der Waals surface area contributed by atoms with Crippen molar-refractivity contribution in [2.75, 3.05) is 20.1 Å². The number of aromatic nitrogens is 2. The van der Waals surface area contributed by atoms with E-state index < -0.39 is 0 Å². The van der Waals surface area contributed by atoms with E-state index >= 15 is 0 Å². The summed E-state index contributed by atoms with van der Waals surface area (Å²) in [6.07, 6.45) is 5.99. The van der Waals surface area contributed by atoms with Gasteiger partial charge < -0.3 is 10.2 Å². The van der Waals surface area contributed by atoms with Gasteiger partial charge in [-0.3, -0.25) is 0 Å². The highest BCUT2D eigenvalue weighted by molar-refractivity contribution is 4.87. The number of nitrogens with zero attached hydrogens (tertiary/aromatic N) is 3. The number of hydrogen-bond donors (Lipinski definition) is 1. The molecule has 4 heteroatoms. The van der Waals surface area contributed by atoms with Crippen LogP contribution in [0.3, 0.4) is 0 Å². The Balaban J connectivity index is 1.98. The van der Waals surface area contributed by atoms with E-state index in [0.29, 0.717) is 6.04 Å². The summed E-state index contributed by atoms with van der Waals surface area (Å²) < 4.78 is 0. The molecule has 0 aromatic carbocycles. The van der Waals surface area contributed by atoms with Crippen LogP contribution in [0.15, 0.2) is 18.5 Å². The summed E-state index contributed by atoms with van der Waals surface area (Å²) in [5, 5.41) is 3.36. The molecule has 17 heavy (non-hydrogen) atoms. The van der Waals surface area contributed by atoms with Gasteiger partial charge in [0.1, 0.15) is 5.82 Å². The number of nitrogens with one attached hydrogen (secondary N) is 1. The van der Waals surface area contributed by atoms with E-state index in [4.69, 9.17) is 0 Å². The standard InChI is InChI=1S/C13H24N4/c1-12(2)17(3)10-5-4-7-14-11-13-15-8-6-9-16-13/h6,8-9,12,14H,4-5,7,10-11H2,1-3H3. The minimum atomic E-state index is 0.640. The molecule has 0 aliphatic heterocycles. The highest BCUT2D eigenvalue weighted by atomic mass is 15.1. The van der Waals surface area contributed by atoms with E-state index in [0.717, 1.165) is 18.9 Å². The molecule has 0 saturated heterocycles. The summed E-state index contributed by atoms with van der Waals surface area (Å²) in [5.74, 6) is 0.867. The van der Waals surface area contributed by atoms with Gasteiger partial charge in [-0.05, 0) is 52.9 Å². The molecule has 96 valence electrons. The lowest BCUT2D eigenvalue weighted by Crippen LogP contribution is -2.27. The summed E-state index contributed by atoms with van der Waals surface area (Å²) >= 11 is 0. The number of unbranched alkanes of at least 4 members (excludes halogenated alkanes) is 1. The van der Waals surface area contributed by atoms with Crippen LogP contribution in [0.4, 0.5) is 0 Å². The zero-order valence-electron chi connectivity index (χ0n) is 11.2. The highest BCUT2D eigenvalue weighted by Gasteiger charge is 2.01. The lowest BCUT2D eigenvalue weighted by atomic mass is 10.2. The van der Waals surface area contributed by atoms with Crippen molar-refractivity contribution in [3.8, 4) is 0 Å². The summed E-state index contributed by atoms with van der Waals surface area (Å²) in [5.41, 5.74) is 0. The normalized spacial score (nSPS) is 11.4. The van der Waals surface area contributed by atoms with Crippen molar-refractivity contribution in [3.05, 3.63) is 24.3 Å². The third kappa shape index (κ3) is 6.34. The van der Waals surface area contributed by atoms with Crippen molar-refractivity contribution < 1.29 is 0 Å². The molecule has 0 atom stereocenters. The molecule has 1 rings (SSSR count). The second-order valence-corrected chi connectivity index (χ2v) is 4.62. The van der Waals surface area contributed by atoms with Gasteiger partial charge >= 0.3 is 0 Å². The van der Waals surface area contributed by atoms with E-state index in [-0.39, 0.29) is 0 Å². The lowest BCUT2D eigenvalue weighted by molar-refractivity contribution is 0.268. The molecule has 0 aliphatic rings. The second-order valence-electron chi connectivity index (χ2n) is 4.62. The maximum Gasteiger partial charge on any atom is 0.141 e. The fourth-order valence-corrected chi connectivity index (χ4v) is 1.49. The van der Waals surface area contributed by atoms with Crippen molar-refractivity contribution >= 4 is 0 Å². The first kappa shape index (κ1) is 14.1. The van der Waals surface area contributed by atoms with Crippen molar-refractivity contribution in [1.82, 2.24) is 20.2 Å². The van der Waals surface area contributed by atoms with Crippen LogP contribution >= 0.6 is 0 Å². The highest BCUT2D eigenvalue weighted by Crippen LogP contribution is 1.97. The predicted molar refractivity (Wildman–Crippen MR) is 70.7 cm³/mol. The average Bonchev–Trinajstić information content (AvgIpc) is 2.34. The zero-order chi connectivity index (χ0) is 12.5. The zero-order valence-corrected chi connectivity index (χ0v) is 11.2. The van der Waals surface area contributed by atoms with Gasteiger partial charge in [0, 0.05) is 18.4 Å². The van der Waals surface area contributed by atoms with E-state index in [9.17, 15) is 0 Å². The minimum Gasteiger partial charge on any atom is -0.310 e. The van der Waals surface area contributed by atoms with E-state index in [1.807, 2.05) is 6.07 Å². The average molecular weight is 236 g/mol. The van der Waals surface area contributed by atoms with Crippen LogP contribution in [-0.2, 0) is 6.54 Å². The molecule has 0 radical (unpaired) electrons. The van der Waals surface area contributed by atoms with Gasteiger partial charge in [0.2, 0.25) is 0 Å². The van der Waals surface area contributed by atoms with Crippen molar-refractivity contribution in [2.24, 2.45) is 0 Å². The molecule has 4 nitrogen and oxygen atoms in total. The largest absolute Gasteiger partial charge is 0.310 e. The third-order valence-corrected chi connectivity index (χ3v) is 2.90. The molecule has 0 aliphatic carbocycles. The van der Waals surface area contributed by atoms with Gasteiger partial charge in [0.05, 0.1) is 6.54 Å². The quantitative estimate of drug-likeness (QED) is 0.697. The van der Waals surface area contributed by atoms with Crippen LogP contribution in [0.5, 0.6) is 0 Å². The van der Waals surface area contributed by atoms with Gasteiger partial charge in [-0.15, -0.1) is 0 Å². The van der Waals surface area contributed by atoms with Crippen molar-refractivity contribution in [3.63, 3.8) is 0 Å². The first-order valence-corrected chi connectivity index (χ1v) is 6.37. The van der Waals surface area contributed by atoms with Gasteiger partial charge in [-0.1, -0.05) is 0 Å². The summed E-state index contributed by atoms with van der Waals surface area (Å²) in [4.78, 5) is 10.7. The predicted octanol–water partition coefficient (Wildman–Crippen LogP) is 1.69. The Morgan fingerprint density at radius 2 is 1.94 bits per heavy atom. The van der Waals surface area contributed by atoms with Crippen molar-refractivity contribution in [1.29, 1.82) is 0 Å². The van der Waals surface area contributed by atoms with E-state index in [2.05, 4.69) is 41.1 Å².